The van der Waals surface area contributed by atoms with E-state index in [4.69, 9.17) is 11.5 Å². The van der Waals surface area contributed by atoms with Gasteiger partial charge in [0, 0.05) is 29.9 Å². The molecule has 252 valence electrons. The molecule has 16 heteroatoms. The number of aliphatic hydroxyl groups excluding tert-OH is 2. The first-order valence-corrected chi connectivity index (χ1v) is 14.8. The van der Waals surface area contributed by atoms with E-state index in [2.05, 4.69) is 31.6 Å². The van der Waals surface area contributed by atoms with E-state index in [9.17, 15) is 39.0 Å². The summed E-state index contributed by atoms with van der Waals surface area (Å²) in [5.74, 6) is -4.98. The van der Waals surface area contributed by atoms with Crippen LogP contribution >= 0.6 is 0 Å². The lowest BCUT2D eigenvalue weighted by Gasteiger charge is -2.25. The van der Waals surface area contributed by atoms with Gasteiger partial charge in [0.1, 0.15) is 24.2 Å². The largest absolute Gasteiger partial charge is 0.394 e. The number of carbonyl (C=O) groups is 6. The van der Waals surface area contributed by atoms with E-state index in [1.54, 1.807) is 42.6 Å². The molecule has 0 saturated heterocycles. The van der Waals surface area contributed by atoms with E-state index in [0.29, 0.717) is 11.1 Å². The van der Waals surface area contributed by atoms with Crippen LogP contribution in [0.4, 0.5) is 0 Å². The van der Waals surface area contributed by atoms with Gasteiger partial charge in [0.25, 0.3) is 0 Å². The first kappa shape index (κ1) is 36.2. The molecule has 16 nitrogen and oxygen atoms in total. The van der Waals surface area contributed by atoms with Crippen LogP contribution in [0.1, 0.15) is 18.1 Å². The van der Waals surface area contributed by atoms with E-state index in [-0.39, 0.29) is 12.8 Å². The summed E-state index contributed by atoms with van der Waals surface area (Å²) in [5.41, 5.74) is 12.9. The minimum Gasteiger partial charge on any atom is -0.394 e. The normalized spacial score (nSPS) is 14.1. The van der Waals surface area contributed by atoms with E-state index in [1.165, 1.54) is 6.92 Å². The Morgan fingerprint density at radius 3 is 1.79 bits per heavy atom. The van der Waals surface area contributed by atoms with Crippen molar-refractivity contribution in [2.45, 2.75) is 50.0 Å². The maximum absolute atomic E-state index is 13.2. The van der Waals surface area contributed by atoms with E-state index < -0.39 is 85.4 Å². The van der Waals surface area contributed by atoms with Gasteiger partial charge in [-0.15, -0.1) is 0 Å². The minimum absolute atomic E-state index is 0.0301. The van der Waals surface area contributed by atoms with Crippen LogP contribution in [0.15, 0.2) is 60.8 Å². The Morgan fingerprint density at radius 2 is 1.21 bits per heavy atom. The molecule has 47 heavy (non-hydrogen) atoms. The SMILES string of the molecule is C[C@H](N)C(=O)N[C@H](Cc1ccccc1)C(=O)N[C@H](CO)C(=O)N[C@H](CO)C(=O)N[C@@H](Cc1c[nH]c2ccccc12)C(=O)NCC(N)=O. The van der Waals surface area contributed by atoms with Crippen LogP contribution in [0.2, 0.25) is 0 Å². The van der Waals surface area contributed by atoms with Gasteiger partial charge in [-0.2, -0.15) is 0 Å². The van der Waals surface area contributed by atoms with Crippen LogP contribution in [0, 0.1) is 0 Å². The van der Waals surface area contributed by atoms with Crippen molar-refractivity contribution in [2.75, 3.05) is 19.8 Å². The Bertz CT molecular complexity index is 1560. The molecule has 1 aromatic heterocycles. The van der Waals surface area contributed by atoms with Crippen molar-refractivity contribution in [1.82, 2.24) is 31.6 Å². The molecule has 3 rings (SSSR count). The van der Waals surface area contributed by atoms with Crippen LogP contribution < -0.4 is 38.1 Å². The van der Waals surface area contributed by atoms with Crippen molar-refractivity contribution in [2.24, 2.45) is 11.5 Å². The fourth-order valence-electron chi connectivity index (χ4n) is 4.59. The highest BCUT2D eigenvalue weighted by Gasteiger charge is 2.31. The van der Waals surface area contributed by atoms with Crippen LogP contribution in [-0.2, 0) is 41.6 Å². The lowest BCUT2D eigenvalue weighted by Crippen LogP contribution is -2.60. The van der Waals surface area contributed by atoms with Gasteiger partial charge < -0.3 is 53.2 Å². The molecule has 0 bridgehead atoms. The summed E-state index contributed by atoms with van der Waals surface area (Å²) >= 11 is 0. The van der Waals surface area contributed by atoms with Gasteiger partial charge in [-0.3, -0.25) is 28.8 Å². The molecule has 0 spiro atoms. The summed E-state index contributed by atoms with van der Waals surface area (Å²) in [7, 11) is 0. The van der Waals surface area contributed by atoms with Crippen molar-refractivity contribution in [3.8, 4) is 0 Å². The molecule has 0 unspecified atom stereocenters. The number of aromatic nitrogens is 1. The Labute approximate surface area is 270 Å². The Kier molecular flexibility index (Phi) is 13.4. The summed E-state index contributed by atoms with van der Waals surface area (Å²) < 4.78 is 0. The second kappa shape index (κ2) is 17.4. The Hall–Kier alpha value is -5.32. The third kappa shape index (κ3) is 10.6. The van der Waals surface area contributed by atoms with Gasteiger partial charge in [0.2, 0.25) is 35.4 Å². The van der Waals surface area contributed by atoms with E-state index in [1.807, 2.05) is 18.2 Å². The van der Waals surface area contributed by atoms with Crippen molar-refractivity contribution < 1.29 is 39.0 Å². The molecule has 1 heterocycles. The van der Waals surface area contributed by atoms with Gasteiger partial charge in [-0.25, -0.2) is 0 Å². The van der Waals surface area contributed by atoms with Crippen LogP contribution in [0.25, 0.3) is 10.9 Å². The highest BCUT2D eigenvalue weighted by Crippen LogP contribution is 2.19. The zero-order valence-corrected chi connectivity index (χ0v) is 25.7. The molecule has 0 aliphatic rings. The number of hydrogen-bond acceptors (Lipinski definition) is 9. The zero-order valence-electron chi connectivity index (χ0n) is 25.7. The molecule has 3 aromatic rings. The predicted molar refractivity (Wildman–Crippen MR) is 170 cm³/mol. The third-order valence-corrected chi connectivity index (χ3v) is 7.13. The van der Waals surface area contributed by atoms with Crippen molar-refractivity contribution in [3.05, 3.63) is 71.9 Å². The fourth-order valence-corrected chi connectivity index (χ4v) is 4.59. The number of rotatable bonds is 17. The smallest absolute Gasteiger partial charge is 0.245 e. The molecule has 0 aliphatic heterocycles. The average Bonchev–Trinajstić information content (AvgIpc) is 3.46. The minimum atomic E-state index is -1.61. The number of amides is 6. The summed E-state index contributed by atoms with van der Waals surface area (Å²) in [6.45, 7) is -0.862. The monoisotopic (exact) mass is 652 g/mol. The summed E-state index contributed by atoms with van der Waals surface area (Å²) in [6.07, 6.45) is 1.67. The Balaban J connectivity index is 1.72. The first-order valence-electron chi connectivity index (χ1n) is 14.8. The maximum atomic E-state index is 13.2. The Morgan fingerprint density at radius 1 is 0.702 bits per heavy atom. The van der Waals surface area contributed by atoms with E-state index in [0.717, 1.165) is 10.9 Å². The van der Waals surface area contributed by atoms with Gasteiger partial charge in [0.15, 0.2) is 0 Å². The van der Waals surface area contributed by atoms with Gasteiger partial charge >= 0.3 is 0 Å². The molecule has 0 aliphatic carbocycles. The number of fused-ring (bicyclic) bond motifs is 1. The number of nitrogens with one attached hydrogen (secondary N) is 6. The second-order valence-corrected chi connectivity index (χ2v) is 10.8. The lowest BCUT2D eigenvalue weighted by atomic mass is 10.0. The van der Waals surface area contributed by atoms with Crippen LogP contribution in [0.5, 0.6) is 0 Å². The van der Waals surface area contributed by atoms with Gasteiger partial charge in [0.05, 0.1) is 25.8 Å². The number of aromatic amines is 1. The molecule has 0 radical (unpaired) electrons. The maximum Gasteiger partial charge on any atom is 0.245 e. The molecule has 5 atom stereocenters. The summed E-state index contributed by atoms with van der Waals surface area (Å²) in [4.78, 5) is 79.0. The summed E-state index contributed by atoms with van der Waals surface area (Å²) in [6, 6.07) is 9.43. The molecular weight excluding hydrogens is 612 g/mol. The van der Waals surface area contributed by atoms with Crippen LogP contribution in [-0.4, -0.2) is 101 Å². The molecule has 0 saturated carbocycles. The topological polar surface area (TPSA) is 271 Å². The van der Waals surface area contributed by atoms with Crippen molar-refractivity contribution in [1.29, 1.82) is 0 Å². The standard InChI is InChI=1S/C31H40N8O8/c1-17(32)27(43)36-22(11-18-7-3-2-4-8-18)29(45)38-25(16-41)31(47)39-24(15-40)30(46)37-23(28(44)35-14-26(33)42)12-19-13-34-21-10-6-5-9-20(19)21/h2-10,13,17,22-25,34,40-41H,11-12,14-16,32H2,1H3,(H2,33,42)(H,35,44)(H,36,43)(H,37,46)(H,38,45)(H,39,47)/t17-,22+,23-,24+,25+/m0/s1. The summed E-state index contributed by atoms with van der Waals surface area (Å²) in [5, 5.41) is 32.6. The fraction of sp³-hybridized carbons (Fsp3) is 0.355. The molecule has 12 N–H and O–H groups in total. The zero-order chi connectivity index (χ0) is 34.5. The number of primary amides is 1. The number of carbonyl (C=O) groups excluding carboxylic acids is 6. The number of aliphatic hydroxyl groups is 2. The van der Waals surface area contributed by atoms with Crippen molar-refractivity contribution >= 4 is 46.3 Å². The first-order chi connectivity index (χ1) is 22.4. The third-order valence-electron chi connectivity index (χ3n) is 7.13. The lowest BCUT2D eigenvalue weighted by molar-refractivity contribution is -0.136. The molecule has 0 fully saturated rings. The van der Waals surface area contributed by atoms with Gasteiger partial charge in [-0.1, -0.05) is 48.5 Å². The highest BCUT2D eigenvalue weighted by molar-refractivity contribution is 5.96. The molecular formula is C31H40N8O8. The highest BCUT2D eigenvalue weighted by atomic mass is 16.3. The quantitative estimate of drug-likeness (QED) is 0.0703. The average molecular weight is 653 g/mol. The number of nitrogens with two attached hydrogens (primary N) is 2. The molecule has 2 aromatic carbocycles. The molecule has 6 amide bonds. The number of para-hydroxylation sites is 1. The second-order valence-electron chi connectivity index (χ2n) is 10.8. The van der Waals surface area contributed by atoms with Gasteiger partial charge in [-0.05, 0) is 24.1 Å². The van der Waals surface area contributed by atoms with E-state index >= 15 is 0 Å². The number of benzene rings is 2. The number of H-pyrrole nitrogens is 1. The predicted octanol–water partition coefficient (Wildman–Crippen LogP) is -3.17. The van der Waals surface area contributed by atoms with Crippen molar-refractivity contribution in [3.63, 3.8) is 0 Å². The number of hydrogen-bond donors (Lipinski definition) is 10. The van der Waals surface area contributed by atoms with Crippen LogP contribution in [0.3, 0.4) is 0 Å².